The van der Waals surface area contributed by atoms with Gasteiger partial charge in [0.1, 0.15) is 11.9 Å². The van der Waals surface area contributed by atoms with Crippen LogP contribution in [0.25, 0.3) is 11.0 Å². The lowest BCUT2D eigenvalue weighted by molar-refractivity contribution is -0.122. The summed E-state index contributed by atoms with van der Waals surface area (Å²) >= 11 is 18.3. The molecule has 1 aromatic heterocycles. The fraction of sp³-hybridized carbons (Fsp3) is 0.429. The van der Waals surface area contributed by atoms with Crippen LogP contribution in [0.1, 0.15) is 38.0 Å². The highest BCUT2D eigenvalue weighted by Gasteiger charge is 2.28. The van der Waals surface area contributed by atoms with Gasteiger partial charge in [0.15, 0.2) is 0 Å². The second-order valence-corrected chi connectivity index (χ2v) is 6.77. The summed E-state index contributed by atoms with van der Waals surface area (Å²) in [4.78, 5) is 16.4. The number of rotatable bonds is 4. The number of carbonyl (C=O) groups is 1. The number of hydrogen-bond acceptors (Lipinski definition) is 2. The summed E-state index contributed by atoms with van der Waals surface area (Å²) in [5.74, 6) is 0.125. The zero-order valence-corrected chi connectivity index (χ0v) is 14.2. The summed E-state index contributed by atoms with van der Waals surface area (Å²) < 4.78 is 1.77. The normalized spacial score (nSPS) is 14.6. The summed E-state index contributed by atoms with van der Waals surface area (Å²) in [6.45, 7) is 5.63. The predicted molar refractivity (Wildman–Crippen MR) is 87.1 cm³/mol. The third-order valence-corrected chi connectivity index (χ3v) is 4.23. The molecule has 114 valence electrons. The molecule has 4 nitrogen and oxygen atoms in total. The van der Waals surface area contributed by atoms with Gasteiger partial charge in [-0.3, -0.25) is 4.79 Å². The maximum Gasteiger partial charge on any atom is 0.240 e. The summed E-state index contributed by atoms with van der Waals surface area (Å²) in [6.07, 6.45) is 0. The maximum absolute atomic E-state index is 11.9. The zero-order chi connectivity index (χ0) is 15.9. The SMILES string of the molecule is CC(Cl)c1nc2cc(Cl)c(Cl)cc2n1C(C(N)=O)C(C)C. The van der Waals surface area contributed by atoms with Gasteiger partial charge in [-0.15, -0.1) is 11.6 Å². The third kappa shape index (κ3) is 2.98. The molecule has 0 spiro atoms. The summed E-state index contributed by atoms with van der Waals surface area (Å²) in [5.41, 5.74) is 6.90. The molecular weight excluding hydrogens is 333 g/mol. The first-order chi connectivity index (χ1) is 9.73. The van der Waals surface area contributed by atoms with E-state index in [1.165, 1.54) is 0 Å². The van der Waals surface area contributed by atoms with Gasteiger partial charge in [-0.2, -0.15) is 0 Å². The minimum absolute atomic E-state index is 0.0106. The van der Waals surface area contributed by atoms with Crippen LogP contribution in [0.2, 0.25) is 10.0 Å². The van der Waals surface area contributed by atoms with E-state index in [0.29, 0.717) is 26.9 Å². The molecule has 0 radical (unpaired) electrons. The van der Waals surface area contributed by atoms with Gasteiger partial charge in [-0.05, 0) is 25.0 Å². The molecule has 2 unspecified atom stereocenters. The highest BCUT2D eigenvalue weighted by Crippen LogP contribution is 2.34. The lowest BCUT2D eigenvalue weighted by Gasteiger charge is -2.23. The smallest absolute Gasteiger partial charge is 0.240 e. The fourth-order valence-electron chi connectivity index (χ4n) is 2.44. The van der Waals surface area contributed by atoms with E-state index >= 15 is 0 Å². The van der Waals surface area contributed by atoms with E-state index in [0.717, 1.165) is 0 Å². The molecule has 0 aliphatic carbocycles. The van der Waals surface area contributed by atoms with Gasteiger partial charge in [-0.1, -0.05) is 37.0 Å². The lowest BCUT2D eigenvalue weighted by Crippen LogP contribution is -2.31. The minimum atomic E-state index is -0.552. The van der Waals surface area contributed by atoms with Gasteiger partial charge < -0.3 is 10.3 Å². The van der Waals surface area contributed by atoms with Crippen LogP contribution in [0.15, 0.2) is 12.1 Å². The van der Waals surface area contributed by atoms with Crippen molar-refractivity contribution in [2.45, 2.75) is 32.2 Å². The van der Waals surface area contributed by atoms with Crippen LogP contribution in [0.4, 0.5) is 0 Å². The summed E-state index contributed by atoms with van der Waals surface area (Å²) in [6, 6.07) is 2.80. The number of primary amides is 1. The predicted octanol–water partition coefficient (Wildman–Crippen LogP) is 4.33. The Morgan fingerprint density at radius 2 is 1.81 bits per heavy atom. The molecule has 1 amide bonds. The molecule has 2 N–H and O–H groups in total. The van der Waals surface area contributed by atoms with Crippen LogP contribution in [0, 0.1) is 5.92 Å². The van der Waals surface area contributed by atoms with Crippen molar-refractivity contribution >= 4 is 51.7 Å². The molecular formula is C14H16Cl3N3O. The van der Waals surface area contributed by atoms with Crippen LogP contribution in [-0.2, 0) is 4.79 Å². The molecule has 0 aliphatic rings. The Labute approximate surface area is 138 Å². The monoisotopic (exact) mass is 347 g/mol. The quantitative estimate of drug-likeness (QED) is 0.836. The summed E-state index contributed by atoms with van der Waals surface area (Å²) in [5, 5.41) is 0.421. The Balaban J connectivity index is 2.83. The van der Waals surface area contributed by atoms with Crippen LogP contribution >= 0.6 is 34.8 Å². The number of fused-ring (bicyclic) bond motifs is 1. The number of halogens is 3. The lowest BCUT2D eigenvalue weighted by atomic mass is 10.0. The van der Waals surface area contributed by atoms with Crippen molar-refractivity contribution in [1.82, 2.24) is 9.55 Å². The van der Waals surface area contributed by atoms with Crippen molar-refractivity contribution < 1.29 is 4.79 Å². The highest BCUT2D eigenvalue weighted by molar-refractivity contribution is 6.42. The van der Waals surface area contributed by atoms with Crippen molar-refractivity contribution in [2.24, 2.45) is 11.7 Å². The van der Waals surface area contributed by atoms with E-state index in [1.54, 1.807) is 23.6 Å². The molecule has 2 aromatic rings. The van der Waals surface area contributed by atoms with Gasteiger partial charge >= 0.3 is 0 Å². The van der Waals surface area contributed by atoms with Gasteiger partial charge in [-0.25, -0.2) is 4.98 Å². The second-order valence-electron chi connectivity index (χ2n) is 5.30. The molecule has 1 aromatic carbocycles. The van der Waals surface area contributed by atoms with Crippen molar-refractivity contribution in [1.29, 1.82) is 0 Å². The molecule has 21 heavy (non-hydrogen) atoms. The van der Waals surface area contributed by atoms with Crippen LogP contribution < -0.4 is 5.73 Å². The van der Waals surface area contributed by atoms with Gasteiger partial charge in [0, 0.05) is 0 Å². The van der Waals surface area contributed by atoms with Crippen molar-refractivity contribution in [3.63, 3.8) is 0 Å². The number of aromatic nitrogens is 2. The zero-order valence-electron chi connectivity index (χ0n) is 11.9. The Hall–Kier alpha value is -0.970. The molecule has 0 aliphatic heterocycles. The number of alkyl halides is 1. The van der Waals surface area contributed by atoms with Crippen molar-refractivity contribution in [3.05, 3.63) is 28.0 Å². The molecule has 0 bridgehead atoms. The number of hydrogen-bond donors (Lipinski definition) is 1. The Morgan fingerprint density at radius 3 is 2.29 bits per heavy atom. The summed E-state index contributed by atoms with van der Waals surface area (Å²) in [7, 11) is 0. The molecule has 7 heteroatoms. The maximum atomic E-state index is 11.9. The third-order valence-electron chi connectivity index (χ3n) is 3.32. The number of amides is 1. The Bertz CT molecular complexity index is 694. The minimum Gasteiger partial charge on any atom is -0.368 e. The average Bonchev–Trinajstić information content (AvgIpc) is 2.68. The van der Waals surface area contributed by atoms with E-state index in [4.69, 9.17) is 40.5 Å². The molecule has 2 atom stereocenters. The van der Waals surface area contributed by atoms with Crippen molar-refractivity contribution in [3.8, 4) is 0 Å². The topological polar surface area (TPSA) is 60.9 Å². The number of imidazole rings is 1. The first kappa shape index (κ1) is 16.4. The first-order valence-corrected chi connectivity index (χ1v) is 7.73. The molecule has 2 rings (SSSR count). The first-order valence-electron chi connectivity index (χ1n) is 6.54. The van der Waals surface area contributed by atoms with E-state index in [2.05, 4.69) is 4.98 Å². The standard InChI is InChI=1S/C14H16Cl3N3O/c1-6(2)12(13(18)21)20-11-5-9(17)8(16)4-10(11)19-14(20)7(3)15/h4-7,12H,1-3H3,(H2,18,21). The Kier molecular flexibility index (Phi) is 4.71. The van der Waals surface area contributed by atoms with Crippen molar-refractivity contribution in [2.75, 3.05) is 0 Å². The van der Waals surface area contributed by atoms with Crippen LogP contribution in [0.3, 0.4) is 0 Å². The van der Waals surface area contributed by atoms with E-state index in [1.807, 2.05) is 13.8 Å². The number of nitrogens with zero attached hydrogens (tertiary/aromatic N) is 2. The number of benzene rings is 1. The Morgan fingerprint density at radius 1 is 1.24 bits per heavy atom. The van der Waals surface area contributed by atoms with E-state index in [9.17, 15) is 4.79 Å². The molecule has 0 fully saturated rings. The number of carbonyl (C=O) groups excluding carboxylic acids is 1. The molecule has 1 heterocycles. The fourth-order valence-corrected chi connectivity index (χ4v) is 2.91. The largest absolute Gasteiger partial charge is 0.368 e. The van der Waals surface area contributed by atoms with Gasteiger partial charge in [0.05, 0.1) is 26.5 Å². The van der Waals surface area contributed by atoms with E-state index in [-0.39, 0.29) is 11.3 Å². The molecule has 0 saturated carbocycles. The second kappa shape index (κ2) is 6.03. The average molecular weight is 349 g/mol. The molecule has 0 saturated heterocycles. The van der Waals surface area contributed by atoms with Crippen LogP contribution in [-0.4, -0.2) is 15.5 Å². The van der Waals surface area contributed by atoms with Gasteiger partial charge in [0.2, 0.25) is 5.91 Å². The highest BCUT2D eigenvalue weighted by atomic mass is 35.5. The van der Waals surface area contributed by atoms with Gasteiger partial charge in [0.25, 0.3) is 0 Å². The van der Waals surface area contributed by atoms with E-state index < -0.39 is 11.9 Å². The van der Waals surface area contributed by atoms with Crippen LogP contribution in [0.5, 0.6) is 0 Å². The number of nitrogens with two attached hydrogens (primary N) is 1.